The minimum Gasteiger partial charge on any atom is -0.444 e. The lowest BCUT2D eigenvalue weighted by Crippen LogP contribution is -2.43. The quantitative estimate of drug-likeness (QED) is 0.726. The maximum absolute atomic E-state index is 14.9. The average molecular weight is 397 g/mol. The second kappa shape index (κ2) is 7.67. The fourth-order valence-electron chi connectivity index (χ4n) is 2.50. The summed E-state index contributed by atoms with van der Waals surface area (Å²) in [7, 11) is 0. The third-order valence-corrected chi connectivity index (χ3v) is 4.28. The van der Waals surface area contributed by atoms with E-state index in [0.717, 1.165) is 25.8 Å². The third kappa shape index (κ3) is 5.20. The molecule has 1 aliphatic carbocycles. The number of nitrogens with one attached hydrogen (secondary N) is 1. The predicted octanol–water partition coefficient (Wildman–Crippen LogP) is 4.67. The number of alkyl carbamates (subject to hydrolysis) is 1. The van der Waals surface area contributed by atoms with Crippen molar-refractivity contribution in [1.29, 1.82) is 0 Å². The van der Waals surface area contributed by atoms with Crippen LogP contribution in [0.1, 0.15) is 64.6 Å². The van der Waals surface area contributed by atoms with Crippen LogP contribution in [0.4, 0.5) is 18.0 Å². The van der Waals surface area contributed by atoms with E-state index in [1.54, 1.807) is 20.8 Å². The van der Waals surface area contributed by atoms with E-state index in [9.17, 15) is 23.1 Å². The van der Waals surface area contributed by atoms with Crippen LogP contribution in [0.3, 0.4) is 0 Å². The molecule has 2 atom stereocenters. The van der Waals surface area contributed by atoms with Crippen molar-refractivity contribution < 1.29 is 27.8 Å². The first-order valence-electron chi connectivity index (χ1n) is 9.16. The fraction of sp³-hybridized carbons (Fsp3) is 0.571. The molecule has 0 heterocycles. The molecule has 1 aromatic rings. The summed E-state index contributed by atoms with van der Waals surface area (Å²) in [5.74, 6) is -0.343. The van der Waals surface area contributed by atoms with E-state index >= 15 is 0 Å². The Balaban J connectivity index is 2.28. The van der Waals surface area contributed by atoms with Gasteiger partial charge >= 0.3 is 12.0 Å². The van der Waals surface area contributed by atoms with Gasteiger partial charge in [-0.15, -0.1) is 0 Å². The summed E-state index contributed by atoms with van der Waals surface area (Å²) in [6, 6.07) is 2.53. The maximum Gasteiger partial charge on any atom is 0.408 e. The van der Waals surface area contributed by atoms with Gasteiger partial charge in [-0.1, -0.05) is 24.0 Å². The van der Waals surface area contributed by atoms with Gasteiger partial charge in [-0.3, -0.25) is 0 Å². The molecule has 2 N–H and O–H groups in total. The molecule has 4 nitrogen and oxygen atoms in total. The third-order valence-electron chi connectivity index (χ3n) is 4.28. The average Bonchev–Trinajstić information content (AvgIpc) is 3.35. The summed E-state index contributed by atoms with van der Waals surface area (Å²) in [4.78, 5) is 11.9. The molecule has 1 saturated carbocycles. The summed E-state index contributed by atoms with van der Waals surface area (Å²) in [6.45, 7) is 7.34. The van der Waals surface area contributed by atoms with Crippen LogP contribution in [0.25, 0.3) is 0 Å². The zero-order chi connectivity index (χ0) is 21.3. The summed E-state index contributed by atoms with van der Waals surface area (Å²) in [5.41, 5.74) is -4.60. The Hall–Kier alpha value is -2.20. The number of carbonyl (C=O) groups excluding carboxylic acids is 1. The van der Waals surface area contributed by atoms with E-state index in [4.69, 9.17) is 4.74 Å². The van der Waals surface area contributed by atoms with Crippen molar-refractivity contribution in [2.75, 3.05) is 0 Å². The van der Waals surface area contributed by atoms with Crippen molar-refractivity contribution >= 4 is 6.09 Å². The van der Waals surface area contributed by atoms with E-state index in [-0.39, 0.29) is 11.5 Å². The van der Waals surface area contributed by atoms with Crippen molar-refractivity contribution in [1.82, 2.24) is 5.32 Å². The lowest BCUT2D eigenvalue weighted by Gasteiger charge is -2.29. The number of aliphatic hydroxyl groups is 1. The highest BCUT2D eigenvalue weighted by Gasteiger charge is 2.52. The first kappa shape index (κ1) is 22.1. The fourth-order valence-corrected chi connectivity index (χ4v) is 2.50. The van der Waals surface area contributed by atoms with E-state index < -0.39 is 40.6 Å². The van der Waals surface area contributed by atoms with Crippen LogP contribution in [-0.4, -0.2) is 22.4 Å². The summed E-state index contributed by atoms with van der Waals surface area (Å²) in [6.07, 6.45) is 0.831. The molecule has 0 unspecified atom stereocenters. The number of carbonyl (C=O) groups is 1. The van der Waals surface area contributed by atoms with Crippen molar-refractivity contribution in [3.8, 4) is 11.8 Å². The Kier molecular flexibility index (Phi) is 6.05. The van der Waals surface area contributed by atoms with Gasteiger partial charge in [0.1, 0.15) is 11.4 Å². The summed E-state index contributed by atoms with van der Waals surface area (Å²) >= 11 is 0. The molecule has 0 aromatic heterocycles. The van der Waals surface area contributed by atoms with Gasteiger partial charge in [0.25, 0.3) is 0 Å². The van der Waals surface area contributed by atoms with E-state index in [1.165, 1.54) is 19.1 Å². The number of hydrogen-bond donors (Lipinski definition) is 2. The number of alkyl halides is 2. The molecule has 0 spiro atoms. The first-order valence-corrected chi connectivity index (χ1v) is 9.16. The van der Waals surface area contributed by atoms with E-state index in [0.29, 0.717) is 0 Å². The molecule has 7 heteroatoms. The molecule has 0 radical (unpaired) electrons. The number of ether oxygens (including phenoxy) is 1. The molecule has 2 rings (SSSR count). The molecule has 154 valence electrons. The molecule has 1 amide bonds. The summed E-state index contributed by atoms with van der Waals surface area (Å²) in [5, 5.41) is 12.6. The SMILES string of the molecule is C[C@@H](NC(=O)OC(C)(C)C)c1cccc(C(F)(F)[C@](C)(O)C#CC2CC2)c1F. The van der Waals surface area contributed by atoms with Crippen molar-refractivity contribution in [3.05, 3.63) is 35.1 Å². The van der Waals surface area contributed by atoms with Crippen LogP contribution in [-0.2, 0) is 10.7 Å². The van der Waals surface area contributed by atoms with E-state index in [2.05, 4.69) is 17.2 Å². The Morgan fingerprint density at radius 1 is 1.29 bits per heavy atom. The van der Waals surface area contributed by atoms with Gasteiger partial charge in [0.15, 0.2) is 5.60 Å². The smallest absolute Gasteiger partial charge is 0.408 e. The lowest BCUT2D eigenvalue weighted by atomic mass is 9.89. The summed E-state index contributed by atoms with van der Waals surface area (Å²) < 4.78 is 49.8. The van der Waals surface area contributed by atoms with Crippen molar-refractivity contribution in [3.63, 3.8) is 0 Å². The van der Waals surface area contributed by atoms with E-state index in [1.807, 2.05) is 0 Å². The number of amides is 1. The van der Waals surface area contributed by atoms with Crippen molar-refractivity contribution in [2.24, 2.45) is 5.92 Å². The molecular formula is C21H26F3NO3. The minimum absolute atomic E-state index is 0.0107. The number of benzene rings is 1. The minimum atomic E-state index is -3.94. The van der Waals surface area contributed by atoms with Gasteiger partial charge in [0, 0.05) is 11.5 Å². The molecule has 1 aromatic carbocycles. The van der Waals surface area contributed by atoms with Gasteiger partial charge in [0.05, 0.1) is 11.6 Å². The topological polar surface area (TPSA) is 58.6 Å². The van der Waals surface area contributed by atoms with Gasteiger partial charge in [-0.2, -0.15) is 8.78 Å². The number of halogens is 3. The normalized spacial score (nSPS) is 17.8. The van der Waals surface area contributed by atoms with Gasteiger partial charge < -0.3 is 15.2 Å². The Morgan fingerprint density at radius 3 is 2.43 bits per heavy atom. The lowest BCUT2D eigenvalue weighted by molar-refractivity contribution is -0.148. The highest BCUT2D eigenvalue weighted by atomic mass is 19.3. The molecule has 0 bridgehead atoms. The standard InChI is InChI=1S/C21H26F3NO3/c1-13(25-18(26)28-19(2,3)4)15-7-6-8-16(17(15)22)21(23,24)20(5,27)12-11-14-9-10-14/h6-8,13-14,27H,9-10H2,1-5H3,(H,25,26)/t13-,20-/m1/s1. The highest BCUT2D eigenvalue weighted by Crippen LogP contribution is 2.41. The highest BCUT2D eigenvalue weighted by molar-refractivity contribution is 5.68. The Bertz CT molecular complexity index is 799. The molecule has 0 aliphatic heterocycles. The van der Waals surface area contributed by atoms with Crippen LogP contribution in [0.2, 0.25) is 0 Å². The van der Waals surface area contributed by atoms with Gasteiger partial charge in [-0.05, 0) is 53.5 Å². The zero-order valence-corrected chi connectivity index (χ0v) is 16.7. The monoisotopic (exact) mass is 397 g/mol. The van der Waals surface area contributed by atoms with Crippen LogP contribution in [0.15, 0.2) is 18.2 Å². The molecule has 1 aliphatic rings. The molecule has 28 heavy (non-hydrogen) atoms. The van der Waals surface area contributed by atoms with Crippen LogP contribution in [0, 0.1) is 23.6 Å². The second-order valence-corrected chi connectivity index (χ2v) is 8.27. The zero-order valence-electron chi connectivity index (χ0n) is 16.7. The van der Waals surface area contributed by atoms with Crippen LogP contribution < -0.4 is 5.32 Å². The Morgan fingerprint density at radius 2 is 1.89 bits per heavy atom. The number of rotatable bonds is 4. The first-order chi connectivity index (χ1) is 12.7. The molecule has 0 saturated heterocycles. The number of hydrogen-bond acceptors (Lipinski definition) is 3. The largest absolute Gasteiger partial charge is 0.444 e. The van der Waals surface area contributed by atoms with Crippen molar-refractivity contribution in [2.45, 2.75) is 70.6 Å². The van der Waals surface area contributed by atoms with Gasteiger partial charge in [-0.25, -0.2) is 9.18 Å². The van der Waals surface area contributed by atoms with Crippen LogP contribution in [0.5, 0.6) is 0 Å². The second-order valence-electron chi connectivity index (χ2n) is 8.27. The predicted molar refractivity (Wildman–Crippen MR) is 99.2 cm³/mol. The van der Waals surface area contributed by atoms with Gasteiger partial charge in [0.2, 0.25) is 0 Å². The van der Waals surface area contributed by atoms with Crippen LogP contribution >= 0.6 is 0 Å². The molecular weight excluding hydrogens is 371 g/mol. The maximum atomic E-state index is 14.9. The Labute approximate surface area is 163 Å². The molecule has 1 fully saturated rings.